The molecule has 0 saturated heterocycles. The SMILES string of the molecule is O=C(NNC(=S)Nc1ccccc1C(F)(F)F)c1cc2c([nH]c3ccccc32)c(-c2ccccc2)n1. The van der Waals surface area contributed by atoms with Gasteiger partial charge >= 0.3 is 6.18 Å². The molecule has 0 atom stereocenters. The number of benzene rings is 3. The molecule has 0 unspecified atom stereocenters. The van der Waals surface area contributed by atoms with E-state index < -0.39 is 17.6 Å². The van der Waals surface area contributed by atoms with Crippen LogP contribution in [-0.2, 0) is 6.18 Å². The van der Waals surface area contributed by atoms with Crippen LogP contribution in [0.3, 0.4) is 0 Å². The largest absolute Gasteiger partial charge is 0.418 e. The van der Waals surface area contributed by atoms with Crippen LogP contribution < -0.4 is 16.2 Å². The second-order valence-corrected chi connectivity index (χ2v) is 8.30. The van der Waals surface area contributed by atoms with Crippen molar-refractivity contribution in [2.45, 2.75) is 6.18 Å². The molecule has 4 N–H and O–H groups in total. The van der Waals surface area contributed by atoms with E-state index in [4.69, 9.17) is 12.2 Å². The third-order valence-electron chi connectivity index (χ3n) is 5.55. The Bertz CT molecular complexity index is 1600. The highest BCUT2D eigenvalue weighted by molar-refractivity contribution is 7.80. The smallest absolute Gasteiger partial charge is 0.353 e. The molecule has 0 radical (unpaired) electrons. The highest BCUT2D eigenvalue weighted by atomic mass is 32.1. The number of fused-ring (bicyclic) bond motifs is 3. The van der Waals surface area contributed by atoms with Crippen LogP contribution >= 0.6 is 12.2 Å². The highest BCUT2D eigenvalue weighted by Gasteiger charge is 2.33. The van der Waals surface area contributed by atoms with E-state index >= 15 is 0 Å². The van der Waals surface area contributed by atoms with Crippen molar-refractivity contribution in [2.75, 3.05) is 5.32 Å². The third-order valence-corrected chi connectivity index (χ3v) is 5.75. The van der Waals surface area contributed by atoms with Crippen LogP contribution in [0, 0.1) is 0 Å². The minimum Gasteiger partial charge on any atom is -0.353 e. The molecule has 6 nitrogen and oxygen atoms in total. The molecule has 1 amide bonds. The Labute approximate surface area is 208 Å². The predicted octanol–water partition coefficient (Wildman–Crippen LogP) is 6.03. The van der Waals surface area contributed by atoms with Gasteiger partial charge in [-0.15, -0.1) is 0 Å². The molecule has 0 aliphatic heterocycles. The molecule has 0 aliphatic rings. The molecule has 0 bridgehead atoms. The van der Waals surface area contributed by atoms with Gasteiger partial charge < -0.3 is 10.3 Å². The number of rotatable bonds is 3. The van der Waals surface area contributed by atoms with Crippen LogP contribution in [0.1, 0.15) is 16.1 Å². The Balaban J connectivity index is 1.42. The van der Waals surface area contributed by atoms with E-state index in [2.05, 4.69) is 26.1 Å². The van der Waals surface area contributed by atoms with Crippen molar-refractivity contribution >= 4 is 50.7 Å². The van der Waals surface area contributed by atoms with Gasteiger partial charge in [-0.1, -0.05) is 60.7 Å². The molecular formula is C26H18F3N5OS. The van der Waals surface area contributed by atoms with Gasteiger partial charge in [0.1, 0.15) is 5.69 Å². The molecule has 5 aromatic rings. The van der Waals surface area contributed by atoms with E-state index in [1.807, 2.05) is 54.6 Å². The average molecular weight is 506 g/mol. The van der Waals surface area contributed by atoms with Crippen molar-refractivity contribution in [1.82, 2.24) is 20.8 Å². The summed E-state index contributed by atoms with van der Waals surface area (Å²) in [6.07, 6.45) is -4.56. The third kappa shape index (κ3) is 4.58. The monoisotopic (exact) mass is 505 g/mol. The van der Waals surface area contributed by atoms with Crippen LogP contribution in [0.15, 0.2) is 84.9 Å². The van der Waals surface area contributed by atoms with Gasteiger partial charge in [-0.25, -0.2) is 4.98 Å². The molecule has 0 fully saturated rings. The second-order valence-electron chi connectivity index (χ2n) is 7.89. The first-order valence-electron chi connectivity index (χ1n) is 10.8. The van der Waals surface area contributed by atoms with Crippen LogP contribution in [0.25, 0.3) is 33.1 Å². The number of aromatic amines is 1. The number of aromatic nitrogens is 2. The van der Waals surface area contributed by atoms with Crippen molar-refractivity contribution in [3.8, 4) is 11.3 Å². The summed E-state index contributed by atoms with van der Waals surface area (Å²) in [6, 6.07) is 23.7. The lowest BCUT2D eigenvalue weighted by Crippen LogP contribution is -2.44. The van der Waals surface area contributed by atoms with Gasteiger partial charge in [0, 0.05) is 21.9 Å². The lowest BCUT2D eigenvalue weighted by molar-refractivity contribution is -0.136. The van der Waals surface area contributed by atoms with E-state index in [-0.39, 0.29) is 16.5 Å². The zero-order valence-electron chi connectivity index (χ0n) is 18.5. The molecule has 3 aromatic carbocycles. The zero-order chi connectivity index (χ0) is 25.3. The first-order valence-corrected chi connectivity index (χ1v) is 11.2. The molecule has 2 heterocycles. The van der Waals surface area contributed by atoms with Crippen molar-refractivity contribution in [2.24, 2.45) is 0 Å². The maximum Gasteiger partial charge on any atom is 0.418 e. The van der Waals surface area contributed by atoms with Gasteiger partial charge in [-0.05, 0) is 36.5 Å². The number of pyridine rings is 1. The number of hydrogen-bond acceptors (Lipinski definition) is 3. The summed E-state index contributed by atoms with van der Waals surface area (Å²) in [4.78, 5) is 21.0. The van der Waals surface area contributed by atoms with Gasteiger partial charge in [0.2, 0.25) is 0 Å². The Morgan fingerprint density at radius 3 is 2.33 bits per heavy atom. The molecule has 36 heavy (non-hydrogen) atoms. The molecule has 180 valence electrons. The van der Waals surface area contributed by atoms with Crippen LogP contribution in [0.4, 0.5) is 18.9 Å². The molecule has 10 heteroatoms. The highest BCUT2D eigenvalue weighted by Crippen LogP contribution is 2.35. The number of anilines is 1. The lowest BCUT2D eigenvalue weighted by Gasteiger charge is -2.16. The van der Waals surface area contributed by atoms with Crippen LogP contribution in [0.5, 0.6) is 0 Å². The van der Waals surface area contributed by atoms with E-state index in [1.165, 1.54) is 18.2 Å². The van der Waals surface area contributed by atoms with Gasteiger partial charge in [-0.3, -0.25) is 15.6 Å². The fourth-order valence-corrected chi connectivity index (χ4v) is 4.10. The minimum atomic E-state index is -4.56. The second kappa shape index (κ2) is 9.31. The summed E-state index contributed by atoms with van der Waals surface area (Å²) < 4.78 is 39.7. The van der Waals surface area contributed by atoms with Crippen molar-refractivity contribution in [3.05, 3.63) is 96.2 Å². The molecular weight excluding hydrogens is 487 g/mol. The predicted molar refractivity (Wildman–Crippen MR) is 137 cm³/mol. The summed E-state index contributed by atoms with van der Waals surface area (Å²) in [5.74, 6) is -0.604. The zero-order valence-corrected chi connectivity index (χ0v) is 19.3. The molecule has 0 saturated carbocycles. The Morgan fingerprint density at radius 2 is 1.56 bits per heavy atom. The fraction of sp³-hybridized carbons (Fsp3) is 0.0385. The average Bonchev–Trinajstić information content (AvgIpc) is 3.25. The number of hydrazine groups is 1. The van der Waals surface area contributed by atoms with Crippen LogP contribution in [-0.4, -0.2) is 21.0 Å². The molecule has 0 spiro atoms. The summed E-state index contributed by atoms with van der Waals surface area (Å²) in [7, 11) is 0. The number of para-hydroxylation sites is 2. The molecule has 5 rings (SSSR count). The van der Waals surface area contributed by atoms with Crippen molar-refractivity contribution in [3.63, 3.8) is 0 Å². The fourth-order valence-electron chi connectivity index (χ4n) is 3.94. The normalized spacial score (nSPS) is 11.4. The number of carbonyl (C=O) groups is 1. The van der Waals surface area contributed by atoms with Gasteiger partial charge in [0.15, 0.2) is 5.11 Å². The molecule has 2 aromatic heterocycles. The maximum atomic E-state index is 13.2. The number of alkyl halides is 3. The number of carbonyl (C=O) groups excluding carboxylic acids is 1. The van der Waals surface area contributed by atoms with E-state index in [1.54, 1.807) is 6.07 Å². The van der Waals surface area contributed by atoms with E-state index in [0.29, 0.717) is 5.69 Å². The van der Waals surface area contributed by atoms with Crippen molar-refractivity contribution < 1.29 is 18.0 Å². The quantitative estimate of drug-likeness (QED) is 0.178. The standard InChI is InChI=1S/C26H18F3N5OS/c27-26(28,29)18-11-5-7-13-20(18)32-25(36)34-33-24(35)21-14-17-16-10-4-6-12-19(16)30-23(17)22(31-21)15-8-2-1-3-9-15/h1-14,30H,(H,33,35)(H2,32,34,36). The number of thiocarbonyl (C=S) groups is 1. The number of halogens is 3. The number of H-pyrrole nitrogens is 1. The van der Waals surface area contributed by atoms with E-state index in [0.717, 1.165) is 33.4 Å². The summed E-state index contributed by atoms with van der Waals surface area (Å²) in [6.45, 7) is 0. The summed E-state index contributed by atoms with van der Waals surface area (Å²) in [5, 5.41) is 4.00. The van der Waals surface area contributed by atoms with Gasteiger partial charge in [-0.2, -0.15) is 13.2 Å². The first kappa shape index (κ1) is 23.3. The summed E-state index contributed by atoms with van der Waals surface area (Å²) in [5.41, 5.74) is 6.96. The summed E-state index contributed by atoms with van der Waals surface area (Å²) >= 11 is 5.09. The first-order chi connectivity index (χ1) is 17.3. The lowest BCUT2D eigenvalue weighted by atomic mass is 10.1. The van der Waals surface area contributed by atoms with Gasteiger partial charge in [0.25, 0.3) is 5.91 Å². The number of nitrogens with one attached hydrogen (secondary N) is 4. The van der Waals surface area contributed by atoms with Gasteiger partial charge in [0.05, 0.1) is 22.5 Å². The number of amides is 1. The number of nitrogens with zero attached hydrogens (tertiary/aromatic N) is 1. The molecule has 0 aliphatic carbocycles. The Morgan fingerprint density at radius 1 is 0.861 bits per heavy atom. The topological polar surface area (TPSA) is 81.8 Å². The van der Waals surface area contributed by atoms with Crippen LogP contribution in [0.2, 0.25) is 0 Å². The Hall–Kier alpha value is -4.44. The minimum absolute atomic E-state index is 0.108. The van der Waals surface area contributed by atoms with E-state index in [9.17, 15) is 18.0 Å². The maximum absolute atomic E-state index is 13.2. The van der Waals surface area contributed by atoms with Crippen molar-refractivity contribution in [1.29, 1.82) is 0 Å². The Kier molecular flexibility index (Phi) is 6.03. The number of hydrogen-bond donors (Lipinski definition) is 4.